The van der Waals surface area contributed by atoms with Crippen molar-refractivity contribution in [2.45, 2.75) is 176 Å². The number of nitrogens with one attached hydrogen (secondary N) is 3. The molecule has 0 unspecified atom stereocenters. The zero-order valence-corrected chi connectivity index (χ0v) is 91.7. The molecule has 0 aliphatic rings. The van der Waals surface area contributed by atoms with Gasteiger partial charge in [0.2, 0.25) is 0 Å². The van der Waals surface area contributed by atoms with Crippen LogP contribution in [0.3, 0.4) is 0 Å². The van der Waals surface area contributed by atoms with E-state index in [0.717, 1.165) is 154 Å². The van der Waals surface area contributed by atoms with Crippen LogP contribution in [0.4, 0.5) is 14.4 Å². The van der Waals surface area contributed by atoms with Gasteiger partial charge in [0.25, 0.3) is 8.32 Å². The Morgan fingerprint density at radius 2 is 0.612 bits per heavy atom. The van der Waals surface area contributed by atoms with Crippen molar-refractivity contribution in [3.05, 3.63) is 264 Å². The number of hydrogen-bond acceptors (Lipinski definition) is 17. The molecule has 10 aromatic carbocycles. The Morgan fingerprint density at radius 3 is 0.868 bits per heavy atom. The standard InChI is InChI=1S/C28H42INO4Si.C21H26INO4.C21H26INO3.C16H18INO2.C15H16INO2.2ClH/c1-19(2)35(20(3)4,21(5)6)34-24-13-11-23(12-14-24)32-26-15-10-22(18-25(26)29)16-17-30-27(31)33-28(7,8)9;1-21(2,3)27-20(24)23(4)13-12-15-6-11-19(18(22)14-15)26-17-9-7-16(25-5)8-10-17;1-15-6-9-17(10-7-15)25-19-11-8-16(14-18(19)22)12-13-23(5)20(24)26-21(2,3)4;1-18-10-9-12-3-8-16(15(17)11-12)20-14-6-4-13(19-2)5-7-14;1-17-9-8-11-2-7-15(14(16)10-11)19-13-5-3-12(18)4-6-13;;/h10-15,18-21H,16-17H2,1-9H3,(H,30,31);6-11,14H,12-13H2,1-5H3;6-11,14H,12-13H2,1-5H3;3-8,11,18H,9-10H2,1-2H3;2-7,10,17-18H,8-9H2,1H3;2*1H. The molecule has 702 valence electrons. The molecule has 20 nitrogen and oxygen atoms in total. The molecule has 3 amide bonds. The summed E-state index contributed by atoms with van der Waals surface area (Å²) in [6, 6.07) is 68.5. The number of ether oxygens (including phenoxy) is 10. The SMILES string of the molecule is CC(C)[Si](Oc1ccc(Oc2ccc(CCNC(=O)OC(C)(C)C)cc2I)cc1)(C(C)C)C(C)C.CNCCc1ccc(Oc2ccc(O)cc2)c(I)c1.CNCCc1ccc(Oc2ccc(OC)cc2)c(I)c1.COc1ccc(Oc2ccc(CCN(C)C(=O)OC(C)(C)C)cc2I)cc1.Cc1ccc(Oc2ccc(CCN(C)C(=O)OC(C)(C)C)cc2I)cc1.Cl.Cl. The number of aromatic hydroxyl groups is 1. The number of methoxy groups -OCH3 is 2. The van der Waals surface area contributed by atoms with Gasteiger partial charge >= 0.3 is 18.3 Å². The molecule has 0 heterocycles. The Morgan fingerprint density at radius 1 is 0.364 bits per heavy atom. The molecule has 0 saturated heterocycles. The summed E-state index contributed by atoms with van der Waals surface area (Å²) >= 11 is 11.4. The second-order valence-corrected chi connectivity index (χ2v) is 45.3. The highest BCUT2D eigenvalue weighted by Gasteiger charge is 2.47. The average Bonchev–Trinajstić information content (AvgIpc) is 0.793. The Kier molecular flexibility index (Phi) is 49.9. The summed E-state index contributed by atoms with van der Waals surface area (Å²) in [5.41, 5.74) is 7.34. The molecule has 129 heavy (non-hydrogen) atoms. The molecular weight excluding hydrogens is 2260 g/mol. The fraction of sp³-hybridized carbons (Fsp3) is 0.376. The molecular formula is C101H130Cl2I5N5O15Si. The number of alkyl carbamates (subject to hydrolysis) is 1. The van der Waals surface area contributed by atoms with Crippen LogP contribution in [-0.4, -0.2) is 133 Å². The lowest BCUT2D eigenvalue weighted by molar-refractivity contribution is 0.0290. The maximum Gasteiger partial charge on any atom is 0.410 e. The third-order valence-corrected chi connectivity index (χ3v) is 29.4. The first-order valence-corrected chi connectivity index (χ1v) is 49.9. The number of nitrogens with zero attached hydrogens (tertiary/aromatic N) is 2. The third-order valence-electron chi connectivity index (χ3n) is 19.2. The number of phenols is 1. The smallest absolute Gasteiger partial charge is 0.410 e. The van der Waals surface area contributed by atoms with E-state index in [1.807, 2.05) is 222 Å². The van der Waals surface area contributed by atoms with Crippen LogP contribution in [0.15, 0.2) is 212 Å². The minimum absolute atomic E-state index is 0. The second-order valence-electron chi connectivity index (χ2n) is 34.1. The summed E-state index contributed by atoms with van der Waals surface area (Å²) < 4.78 is 68.0. The number of carbonyl (C=O) groups excluding carboxylic acids is 3. The second kappa shape index (κ2) is 56.6. The molecule has 0 bridgehead atoms. The summed E-state index contributed by atoms with van der Waals surface area (Å²) in [6.07, 6.45) is 3.25. The van der Waals surface area contributed by atoms with Gasteiger partial charge in [0.1, 0.15) is 97.3 Å². The lowest BCUT2D eigenvalue weighted by atomic mass is 10.1. The maximum atomic E-state index is 12.0. The molecule has 4 N–H and O–H groups in total. The number of aryl methyl sites for hydroxylation is 1. The summed E-state index contributed by atoms with van der Waals surface area (Å²) in [6.45, 7) is 36.2. The minimum Gasteiger partial charge on any atom is -0.543 e. The van der Waals surface area contributed by atoms with Gasteiger partial charge in [-0.1, -0.05) is 89.6 Å². The first kappa shape index (κ1) is 114. The number of amides is 3. The number of hydrogen-bond donors (Lipinski definition) is 4. The van der Waals surface area contributed by atoms with E-state index >= 15 is 0 Å². The van der Waals surface area contributed by atoms with Gasteiger partial charge in [-0.3, -0.25) is 0 Å². The average molecular weight is 2390 g/mol. The quantitative estimate of drug-likeness (QED) is 0.0175. The summed E-state index contributed by atoms with van der Waals surface area (Å²) in [5.74, 6) is 10.8. The number of rotatable bonds is 32. The molecule has 10 aromatic rings. The van der Waals surface area contributed by atoms with Gasteiger partial charge in [0, 0.05) is 33.7 Å². The lowest BCUT2D eigenvalue weighted by Gasteiger charge is -2.42. The van der Waals surface area contributed by atoms with Gasteiger partial charge in [-0.15, -0.1) is 24.8 Å². The molecule has 0 atom stereocenters. The zero-order valence-electron chi connectivity index (χ0n) is 78.3. The van der Waals surface area contributed by atoms with Crippen molar-refractivity contribution in [1.82, 2.24) is 25.8 Å². The Bertz CT molecular complexity index is 5020. The first-order chi connectivity index (χ1) is 60.0. The topological polar surface area (TPSA) is 216 Å². The first-order valence-electron chi connectivity index (χ1n) is 42.4. The van der Waals surface area contributed by atoms with Crippen molar-refractivity contribution in [3.8, 4) is 80.5 Å². The molecule has 0 saturated carbocycles. The third kappa shape index (κ3) is 41.7. The minimum atomic E-state index is -1.98. The lowest BCUT2D eigenvalue weighted by Crippen LogP contribution is -2.50. The molecule has 10 rings (SSSR count). The van der Waals surface area contributed by atoms with E-state index in [0.29, 0.717) is 36.3 Å². The highest BCUT2D eigenvalue weighted by atomic mass is 127. The van der Waals surface area contributed by atoms with Crippen LogP contribution < -0.4 is 53.5 Å². The monoisotopic (exact) mass is 2390 g/mol. The van der Waals surface area contributed by atoms with Gasteiger partial charge < -0.3 is 82.7 Å². The van der Waals surface area contributed by atoms with Crippen molar-refractivity contribution >= 4 is 164 Å². The van der Waals surface area contributed by atoms with Crippen molar-refractivity contribution in [2.75, 3.05) is 75.1 Å². The van der Waals surface area contributed by atoms with Gasteiger partial charge in [-0.05, 0) is 456 Å². The van der Waals surface area contributed by atoms with Gasteiger partial charge in [0.05, 0.1) is 32.1 Å². The van der Waals surface area contributed by atoms with Crippen LogP contribution in [0.25, 0.3) is 0 Å². The van der Waals surface area contributed by atoms with Crippen molar-refractivity contribution in [3.63, 3.8) is 0 Å². The molecule has 0 spiro atoms. The van der Waals surface area contributed by atoms with E-state index in [-0.39, 0.29) is 42.8 Å². The molecule has 0 aromatic heterocycles. The Hall–Kier alpha value is -7.42. The van der Waals surface area contributed by atoms with E-state index in [9.17, 15) is 19.5 Å². The van der Waals surface area contributed by atoms with E-state index < -0.39 is 31.2 Å². The summed E-state index contributed by atoms with van der Waals surface area (Å²) in [7, 11) is 8.73. The van der Waals surface area contributed by atoms with E-state index in [2.05, 4.69) is 220 Å². The fourth-order valence-electron chi connectivity index (χ4n) is 12.7. The van der Waals surface area contributed by atoms with Gasteiger partial charge in [-0.2, -0.15) is 0 Å². The van der Waals surface area contributed by atoms with Crippen LogP contribution in [0.5, 0.6) is 80.5 Å². The van der Waals surface area contributed by atoms with Crippen LogP contribution in [0.2, 0.25) is 16.6 Å². The van der Waals surface area contributed by atoms with Crippen LogP contribution >= 0.6 is 138 Å². The highest BCUT2D eigenvalue weighted by molar-refractivity contribution is 14.1. The van der Waals surface area contributed by atoms with Crippen molar-refractivity contribution in [2.24, 2.45) is 0 Å². The van der Waals surface area contributed by atoms with E-state index in [4.69, 9.17) is 51.8 Å². The predicted molar refractivity (Wildman–Crippen MR) is 572 cm³/mol. The largest absolute Gasteiger partial charge is 0.543 e. The molecule has 0 aliphatic carbocycles. The predicted octanol–water partition coefficient (Wildman–Crippen LogP) is 28.3. The summed E-state index contributed by atoms with van der Waals surface area (Å²) in [5, 5.41) is 18.3. The van der Waals surface area contributed by atoms with E-state index in [1.165, 1.54) is 16.7 Å². The number of carbonyl (C=O) groups is 3. The highest BCUT2D eigenvalue weighted by Crippen LogP contribution is 2.44. The molecule has 28 heteroatoms. The molecule has 0 radical (unpaired) electrons. The Labute approximate surface area is 848 Å². The number of phenolic OH excluding ortho intramolecular Hbond substituents is 1. The Balaban J connectivity index is 0.000000342. The number of likely N-dealkylation sites (N-methyl/N-ethyl adjacent to an activating group) is 4. The van der Waals surface area contributed by atoms with Gasteiger partial charge in [-0.25, -0.2) is 14.4 Å². The van der Waals surface area contributed by atoms with E-state index in [1.54, 1.807) is 62.4 Å². The van der Waals surface area contributed by atoms with Crippen LogP contribution in [-0.2, 0) is 46.3 Å². The summed E-state index contributed by atoms with van der Waals surface area (Å²) in [4.78, 5) is 39.0. The normalized spacial score (nSPS) is 11.0. The van der Waals surface area contributed by atoms with Gasteiger partial charge in [0.15, 0.2) is 0 Å². The molecule has 0 aliphatic heterocycles. The number of benzene rings is 10. The van der Waals surface area contributed by atoms with Crippen molar-refractivity contribution < 1.29 is 71.3 Å². The van der Waals surface area contributed by atoms with Crippen LogP contribution in [0.1, 0.15) is 137 Å². The number of halogens is 7. The van der Waals surface area contributed by atoms with Crippen molar-refractivity contribution in [1.29, 1.82) is 0 Å². The fourth-order valence-corrected chi connectivity index (χ4v) is 21.4. The molecule has 0 fully saturated rings. The van der Waals surface area contributed by atoms with Crippen LogP contribution in [0, 0.1) is 24.8 Å². The zero-order chi connectivity index (χ0) is 93.8. The maximum absolute atomic E-state index is 12.0.